The molecule has 4 rings (SSSR count). The Morgan fingerprint density at radius 3 is 3.13 bits per heavy atom. The van der Waals surface area contributed by atoms with Crippen LogP contribution in [0, 0.1) is 5.82 Å². The number of carbonyl (C=O) groups is 1. The molecule has 4 heterocycles. The fraction of sp³-hybridized carbons (Fsp3) is 0.368. The number of urea groups is 1. The molecule has 1 aliphatic rings. The highest BCUT2D eigenvalue weighted by atomic mass is 35.5. The Hall–Kier alpha value is -2.98. The van der Waals surface area contributed by atoms with Gasteiger partial charge in [-0.1, -0.05) is 11.6 Å². The second kappa shape index (κ2) is 8.80. The van der Waals surface area contributed by atoms with E-state index in [0.29, 0.717) is 61.2 Å². The van der Waals surface area contributed by atoms with Gasteiger partial charge in [0.05, 0.1) is 30.5 Å². The van der Waals surface area contributed by atoms with E-state index in [-0.39, 0.29) is 11.9 Å². The number of rotatable bonds is 6. The number of aromatic amines is 1. The Labute approximate surface area is 176 Å². The van der Waals surface area contributed by atoms with Gasteiger partial charge in [-0.2, -0.15) is 0 Å². The summed E-state index contributed by atoms with van der Waals surface area (Å²) >= 11 is 6.04. The van der Waals surface area contributed by atoms with Crippen LogP contribution in [0.2, 0.25) is 5.02 Å². The van der Waals surface area contributed by atoms with Crippen LogP contribution in [0.4, 0.5) is 15.0 Å². The molecule has 1 fully saturated rings. The third kappa shape index (κ3) is 4.29. The Morgan fingerprint density at radius 2 is 2.30 bits per heavy atom. The molecule has 11 heteroatoms. The lowest BCUT2D eigenvalue weighted by atomic mass is 10.1. The second-order valence-corrected chi connectivity index (χ2v) is 7.41. The summed E-state index contributed by atoms with van der Waals surface area (Å²) in [6, 6.07) is 1.23. The van der Waals surface area contributed by atoms with Gasteiger partial charge in [0.25, 0.3) is 0 Å². The van der Waals surface area contributed by atoms with Crippen molar-refractivity contribution in [2.75, 3.05) is 31.6 Å². The zero-order chi connectivity index (χ0) is 21.1. The molecule has 4 N–H and O–H groups in total. The Morgan fingerprint density at radius 1 is 1.43 bits per heavy atom. The summed E-state index contributed by atoms with van der Waals surface area (Å²) in [6.07, 6.45) is 5.75. The van der Waals surface area contributed by atoms with Crippen LogP contribution < -0.4 is 11.1 Å². The lowest BCUT2D eigenvalue weighted by Crippen LogP contribution is -2.50. The van der Waals surface area contributed by atoms with Crippen LogP contribution in [0.15, 0.2) is 24.7 Å². The summed E-state index contributed by atoms with van der Waals surface area (Å²) in [5.41, 5.74) is 6.74. The summed E-state index contributed by atoms with van der Waals surface area (Å²) in [7, 11) is 0. The van der Waals surface area contributed by atoms with E-state index in [1.165, 1.54) is 0 Å². The summed E-state index contributed by atoms with van der Waals surface area (Å²) in [4.78, 5) is 28.8. The number of anilines is 1. The minimum Gasteiger partial charge on any atom is -0.377 e. The Bertz CT molecular complexity index is 1060. The van der Waals surface area contributed by atoms with Crippen molar-refractivity contribution < 1.29 is 13.9 Å². The van der Waals surface area contributed by atoms with Crippen molar-refractivity contribution in [3.05, 3.63) is 35.5 Å². The first-order valence-corrected chi connectivity index (χ1v) is 9.94. The molecule has 3 aromatic rings. The Kier molecular flexibility index (Phi) is 5.96. The summed E-state index contributed by atoms with van der Waals surface area (Å²) in [5, 5.41) is 4.25. The van der Waals surface area contributed by atoms with Gasteiger partial charge in [0, 0.05) is 36.4 Å². The average molecular weight is 434 g/mol. The number of aromatic nitrogens is 4. The van der Waals surface area contributed by atoms with E-state index in [1.54, 1.807) is 23.4 Å². The molecule has 1 aliphatic heterocycles. The fourth-order valence-corrected chi connectivity index (χ4v) is 3.67. The van der Waals surface area contributed by atoms with Crippen LogP contribution in [-0.2, 0) is 4.74 Å². The number of morpholine rings is 1. The van der Waals surface area contributed by atoms with Crippen molar-refractivity contribution in [3.8, 4) is 11.4 Å². The van der Waals surface area contributed by atoms with Crippen molar-refractivity contribution in [1.29, 1.82) is 0 Å². The first kappa shape index (κ1) is 20.3. The molecule has 0 saturated carbocycles. The third-order valence-corrected chi connectivity index (χ3v) is 5.21. The van der Waals surface area contributed by atoms with Crippen LogP contribution in [0.3, 0.4) is 0 Å². The van der Waals surface area contributed by atoms with Crippen LogP contribution in [0.1, 0.15) is 12.8 Å². The van der Waals surface area contributed by atoms with Crippen molar-refractivity contribution in [1.82, 2.24) is 24.8 Å². The van der Waals surface area contributed by atoms with Crippen LogP contribution in [-0.4, -0.2) is 63.2 Å². The molecule has 1 unspecified atom stereocenters. The molecule has 0 spiro atoms. The van der Waals surface area contributed by atoms with E-state index in [4.69, 9.17) is 22.1 Å². The van der Waals surface area contributed by atoms with Gasteiger partial charge in [-0.15, -0.1) is 0 Å². The number of nitrogens with two attached hydrogens (primary N) is 1. The lowest BCUT2D eigenvalue weighted by molar-refractivity contribution is 0.0113. The van der Waals surface area contributed by atoms with E-state index in [1.807, 2.05) is 0 Å². The Balaban J connectivity index is 1.42. The van der Waals surface area contributed by atoms with E-state index in [2.05, 4.69) is 25.3 Å². The molecule has 3 aromatic heterocycles. The van der Waals surface area contributed by atoms with Crippen molar-refractivity contribution in [2.45, 2.75) is 18.9 Å². The van der Waals surface area contributed by atoms with Gasteiger partial charge < -0.3 is 25.7 Å². The number of fused-ring (bicyclic) bond motifs is 1. The molecule has 1 saturated heterocycles. The van der Waals surface area contributed by atoms with Crippen molar-refractivity contribution in [2.24, 2.45) is 5.73 Å². The van der Waals surface area contributed by atoms with Crippen LogP contribution >= 0.6 is 11.6 Å². The first-order chi connectivity index (χ1) is 14.5. The molecule has 0 bridgehead atoms. The van der Waals surface area contributed by atoms with Crippen LogP contribution in [0.5, 0.6) is 0 Å². The van der Waals surface area contributed by atoms with Gasteiger partial charge in [-0.05, 0) is 18.9 Å². The zero-order valence-electron chi connectivity index (χ0n) is 16.1. The maximum Gasteiger partial charge on any atom is 0.315 e. The van der Waals surface area contributed by atoms with Crippen LogP contribution in [0.25, 0.3) is 22.4 Å². The third-order valence-electron chi connectivity index (χ3n) is 5.00. The monoisotopic (exact) mass is 433 g/mol. The maximum absolute atomic E-state index is 14.2. The lowest BCUT2D eigenvalue weighted by Gasteiger charge is -2.34. The molecule has 2 amide bonds. The zero-order valence-corrected chi connectivity index (χ0v) is 16.8. The standard InChI is InChI=1S/C19H21ClFN7O2/c20-11-6-13-14(8-25-16(13)24-7-11)17-26-9-15(21)18(27-17)23-3-1-2-12-10-30-5-4-28(12)19(22)29/h6-9,12H,1-5,10H2,(H2,22,29)(H,24,25)(H,23,26,27). The number of hydrogen-bond donors (Lipinski definition) is 3. The van der Waals surface area contributed by atoms with Gasteiger partial charge >= 0.3 is 6.03 Å². The summed E-state index contributed by atoms with van der Waals surface area (Å²) in [5.74, 6) is -0.0831. The number of amides is 2. The number of pyridine rings is 1. The second-order valence-electron chi connectivity index (χ2n) is 6.97. The quantitative estimate of drug-likeness (QED) is 0.514. The molecule has 0 radical (unpaired) electrons. The molecule has 9 nitrogen and oxygen atoms in total. The summed E-state index contributed by atoms with van der Waals surface area (Å²) < 4.78 is 19.7. The minimum absolute atomic E-state index is 0.0765. The van der Waals surface area contributed by atoms with Crippen molar-refractivity contribution >= 4 is 34.5 Å². The molecule has 30 heavy (non-hydrogen) atoms. The predicted octanol–water partition coefficient (Wildman–Crippen LogP) is 2.78. The fourth-order valence-electron chi connectivity index (χ4n) is 3.51. The van der Waals surface area contributed by atoms with Gasteiger partial charge in [0.2, 0.25) is 0 Å². The van der Waals surface area contributed by atoms with Gasteiger partial charge in [-0.25, -0.2) is 24.1 Å². The summed E-state index contributed by atoms with van der Waals surface area (Å²) in [6.45, 7) is 1.89. The predicted molar refractivity (Wildman–Crippen MR) is 111 cm³/mol. The number of hydrogen-bond acceptors (Lipinski definition) is 6. The van der Waals surface area contributed by atoms with E-state index in [9.17, 15) is 9.18 Å². The van der Waals surface area contributed by atoms with Gasteiger partial charge in [0.15, 0.2) is 17.5 Å². The van der Waals surface area contributed by atoms with E-state index >= 15 is 0 Å². The minimum atomic E-state index is -0.547. The highest BCUT2D eigenvalue weighted by Gasteiger charge is 2.25. The topological polar surface area (TPSA) is 122 Å². The number of primary amides is 1. The molecule has 0 aliphatic carbocycles. The number of H-pyrrole nitrogens is 1. The molecule has 1 atom stereocenters. The van der Waals surface area contributed by atoms with E-state index < -0.39 is 11.8 Å². The highest BCUT2D eigenvalue weighted by Crippen LogP contribution is 2.28. The number of ether oxygens (including phenoxy) is 1. The highest BCUT2D eigenvalue weighted by molar-refractivity contribution is 6.31. The normalized spacial score (nSPS) is 16.7. The first-order valence-electron chi connectivity index (χ1n) is 9.56. The maximum atomic E-state index is 14.2. The number of nitrogens with one attached hydrogen (secondary N) is 2. The average Bonchev–Trinajstić information content (AvgIpc) is 3.15. The number of nitrogens with zero attached hydrogens (tertiary/aromatic N) is 4. The van der Waals surface area contributed by atoms with Gasteiger partial charge in [-0.3, -0.25) is 0 Å². The van der Waals surface area contributed by atoms with E-state index in [0.717, 1.165) is 11.6 Å². The molecule has 158 valence electrons. The smallest absolute Gasteiger partial charge is 0.315 e. The van der Waals surface area contributed by atoms with Gasteiger partial charge in [0.1, 0.15) is 5.65 Å². The largest absolute Gasteiger partial charge is 0.377 e. The SMILES string of the molecule is NC(=O)N1CCOCC1CCCNc1nc(-c2c[nH]c3ncc(Cl)cc23)ncc1F. The van der Waals surface area contributed by atoms with Crippen molar-refractivity contribution in [3.63, 3.8) is 0 Å². The number of carbonyl (C=O) groups excluding carboxylic acids is 1. The molecular weight excluding hydrogens is 413 g/mol. The number of halogens is 2. The molecular formula is C19H21ClFN7O2. The molecule has 0 aromatic carbocycles.